The second kappa shape index (κ2) is 8.67. The highest BCUT2D eigenvalue weighted by Gasteiger charge is 2.14. The van der Waals surface area contributed by atoms with Crippen LogP contribution in [0, 0.1) is 0 Å². The molecule has 2 N–H and O–H groups in total. The average Bonchev–Trinajstić information content (AvgIpc) is 3.64. The standard InChI is InChI=1S/C23H14BN11/c24-15-9-7-13(8-10-15)14-11-20(16-3-1-5-18(25-16)22-28-32-33-29-22)27-21(12-14)17-4-2-6-19(26-17)23-30-34-35-31-23/h1-12H,(H,28,29,32,33)(H,30,31,34,35). The number of aromatic amines is 2. The van der Waals surface area contributed by atoms with Gasteiger partial charge in [-0.25, -0.2) is 15.0 Å². The first kappa shape index (κ1) is 20.5. The van der Waals surface area contributed by atoms with Gasteiger partial charge >= 0.3 is 0 Å². The number of pyridine rings is 3. The van der Waals surface area contributed by atoms with Gasteiger partial charge in [-0.1, -0.05) is 41.9 Å². The van der Waals surface area contributed by atoms with E-state index in [9.17, 15) is 0 Å². The molecule has 0 aliphatic heterocycles. The second-order valence-corrected chi connectivity index (χ2v) is 7.54. The second-order valence-electron chi connectivity index (χ2n) is 7.54. The van der Waals surface area contributed by atoms with Gasteiger partial charge in [-0.05, 0) is 58.0 Å². The molecule has 1 aromatic carbocycles. The number of H-pyrrole nitrogens is 2. The molecular weight excluding hydrogens is 441 g/mol. The predicted molar refractivity (Wildman–Crippen MR) is 128 cm³/mol. The molecule has 0 bridgehead atoms. The first-order chi connectivity index (χ1) is 17.2. The normalized spacial score (nSPS) is 11.0. The van der Waals surface area contributed by atoms with Gasteiger partial charge in [0.05, 0.1) is 22.8 Å². The van der Waals surface area contributed by atoms with Crippen LogP contribution in [0.4, 0.5) is 0 Å². The molecule has 0 aliphatic rings. The Labute approximate surface area is 199 Å². The first-order valence-corrected chi connectivity index (χ1v) is 10.5. The minimum atomic E-state index is 0.399. The van der Waals surface area contributed by atoms with Gasteiger partial charge in [0, 0.05) is 0 Å². The number of aromatic nitrogens is 11. The van der Waals surface area contributed by atoms with Crippen LogP contribution in [-0.2, 0) is 0 Å². The third kappa shape index (κ3) is 4.15. The van der Waals surface area contributed by atoms with Crippen molar-refractivity contribution < 1.29 is 0 Å². The molecule has 0 fully saturated rings. The molecule has 2 radical (unpaired) electrons. The molecular formula is C23H14BN11. The van der Waals surface area contributed by atoms with Gasteiger partial charge in [-0.3, -0.25) is 0 Å². The van der Waals surface area contributed by atoms with Gasteiger partial charge < -0.3 is 0 Å². The lowest BCUT2D eigenvalue weighted by molar-refractivity contribution is 0.881. The molecule has 0 atom stereocenters. The molecule has 164 valence electrons. The first-order valence-electron chi connectivity index (χ1n) is 10.5. The summed E-state index contributed by atoms with van der Waals surface area (Å²) in [5, 5.41) is 28.2. The quantitative estimate of drug-likeness (QED) is 0.373. The summed E-state index contributed by atoms with van der Waals surface area (Å²) in [6, 6.07) is 22.7. The Balaban J connectivity index is 1.51. The van der Waals surface area contributed by atoms with Crippen LogP contribution >= 0.6 is 0 Å². The van der Waals surface area contributed by atoms with E-state index in [2.05, 4.69) is 41.2 Å². The van der Waals surface area contributed by atoms with Crippen molar-refractivity contribution in [2.24, 2.45) is 0 Å². The van der Waals surface area contributed by atoms with E-state index in [1.54, 1.807) is 0 Å². The van der Waals surface area contributed by atoms with Crippen molar-refractivity contribution in [3.8, 4) is 56.9 Å². The van der Waals surface area contributed by atoms with Gasteiger partial charge in [0.25, 0.3) is 0 Å². The fraction of sp³-hybridized carbons (Fsp3) is 0. The van der Waals surface area contributed by atoms with Crippen LogP contribution < -0.4 is 5.46 Å². The van der Waals surface area contributed by atoms with Crippen molar-refractivity contribution in [3.05, 3.63) is 72.8 Å². The molecule has 0 aliphatic carbocycles. The summed E-state index contributed by atoms with van der Waals surface area (Å²) >= 11 is 0. The SMILES string of the molecule is [B]c1ccc(-c2cc(-c3cccc(-c4nn[nH]n4)n3)nc(-c3cccc(-c4nn[nH]n4)n3)c2)cc1. The Morgan fingerprint density at radius 2 is 1.00 bits per heavy atom. The van der Waals surface area contributed by atoms with Gasteiger partial charge in [0.15, 0.2) is 0 Å². The Kier molecular flexibility index (Phi) is 5.07. The highest BCUT2D eigenvalue weighted by atomic mass is 15.5. The van der Waals surface area contributed by atoms with E-state index in [4.69, 9.17) is 22.8 Å². The predicted octanol–water partition coefficient (Wildman–Crippen LogP) is 2.03. The third-order valence-corrected chi connectivity index (χ3v) is 5.24. The van der Waals surface area contributed by atoms with E-state index in [-0.39, 0.29) is 0 Å². The maximum atomic E-state index is 5.90. The fourth-order valence-electron chi connectivity index (χ4n) is 3.58. The Morgan fingerprint density at radius 1 is 0.514 bits per heavy atom. The lowest BCUT2D eigenvalue weighted by atomic mass is 9.93. The zero-order valence-electron chi connectivity index (χ0n) is 18.0. The van der Waals surface area contributed by atoms with Gasteiger partial charge in [-0.15, -0.1) is 20.4 Å². The molecule has 0 saturated heterocycles. The lowest BCUT2D eigenvalue weighted by Gasteiger charge is -2.10. The molecule has 0 saturated carbocycles. The summed E-state index contributed by atoms with van der Waals surface area (Å²) in [4.78, 5) is 14.3. The van der Waals surface area contributed by atoms with E-state index < -0.39 is 0 Å². The summed E-state index contributed by atoms with van der Waals surface area (Å²) < 4.78 is 0. The third-order valence-electron chi connectivity index (χ3n) is 5.24. The fourth-order valence-corrected chi connectivity index (χ4v) is 3.58. The number of benzene rings is 1. The van der Waals surface area contributed by atoms with Gasteiger partial charge in [0.2, 0.25) is 11.6 Å². The van der Waals surface area contributed by atoms with Crippen molar-refractivity contribution in [3.63, 3.8) is 0 Å². The average molecular weight is 455 g/mol. The molecule has 0 spiro atoms. The van der Waals surface area contributed by atoms with Crippen LogP contribution in [0.5, 0.6) is 0 Å². The van der Waals surface area contributed by atoms with E-state index in [0.29, 0.717) is 51.3 Å². The lowest BCUT2D eigenvalue weighted by Crippen LogP contribution is -2.00. The topological polar surface area (TPSA) is 148 Å². The van der Waals surface area contributed by atoms with Crippen LogP contribution in [0.15, 0.2) is 72.8 Å². The van der Waals surface area contributed by atoms with Crippen LogP contribution in [0.1, 0.15) is 0 Å². The molecule has 12 heteroatoms. The molecule has 5 aromatic heterocycles. The zero-order chi connectivity index (χ0) is 23.6. The summed E-state index contributed by atoms with van der Waals surface area (Å²) in [6.07, 6.45) is 0. The van der Waals surface area contributed by atoms with Crippen LogP contribution in [0.2, 0.25) is 0 Å². The van der Waals surface area contributed by atoms with Gasteiger partial charge in [-0.2, -0.15) is 10.4 Å². The Hall–Kier alpha value is -5.13. The van der Waals surface area contributed by atoms with Crippen molar-refractivity contribution in [1.82, 2.24) is 56.2 Å². The van der Waals surface area contributed by atoms with E-state index >= 15 is 0 Å². The van der Waals surface area contributed by atoms with E-state index in [1.165, 1.54) is 0 Å². The van der Waals surface area contributed by atoms with Crippen molar-refractivity contribution in [2.75, 3.05) is 0 Å². The maximum Gasteiger partial charge on any atom is 0.222 e. The van der Waals surface area contributed by atoms with E-state index in [0.717, 1.165) is 11.1 Å². The Bertz CT molecular complexity index is 1500. The van der Waals surface area contributed by atoms with Gasteiger partial charge in [0.1, 0.15) is 19.2 Å². The number of tetrazole rings is 2. The molecule has 35 heavy (non-hydrogen) atoms. The molecule has 6 rings (SSSR count). The number of nitrogens with zero attached hydrogens (tertiary/aromatic N) is 9. The number of nitrogens with one attached hydrogen (secondary N) is 2. The monoisotopic (exact) mass is 455 g/mol. The van der Waals surface area contributed by atoms with E-state index in [1.807, 2.05) is 72.8 Å². The zero-order valence-corrected chi connectivity index (χ0v) is 18.0. The summed E-state index contributed by atoms with van der Waals surface area (Å²) in [5.41, 5.74) is 6.38. The summed E-state index contributed by atoms with van der Waals surface area (Å²) in [5.74, 6) is 0.799. The summed E-state index contributed by atoms with van der Waals surface area (Å²) in [6.45, 7) is 0. The van der Waals surface area contributed by atoms with Crippen LogP contribution in [0.3, 0.4) is 0 Å². The highest BCUT2D eigenvalue weighted by Crippen LogP contribution is 2.30. The molecule has 5 heterocycles. The summed E-state index contributed by atoms with van der Waals surface area (Å²) in [7, 11) is 5.90. The highest BCUT2D eigenvalue weighted by molar-refractivity contribution is 6.32. The van der Waals surface area contributed by atoms with Crippen molar-refractivity contribution in [1.29, 1.82) is 0 Å². The minimum absolute atomic E-state index is 0.399. The van der Waals surface area contributed by atoms with Crippen LogP contribution in [-0.4, -0.2) is 64.0 Å². The molecule has 0 amide bonds. The minimum Gasteiger partial charge on any atom is -0.244 e. The molecule has 6 aromatic rings. The number of hydrogen-bond acceptors (Lipinski definition) is 9. The molecule has 11 nitrogen and oxygen atoms in total. The smallest absolute Gasteiger partial charge is 0.222 e. The largest absolute Gasteiger partial charge is 0.244 e. The number of rotatable bonds is 5. The Morgan fingerprint density at radius 3 is 1.49 bits per heavy atom. The van der Waals surface area contributed by atoms with Crippen molar-refractivity contribution >= 4 is 13.3 Å². The molecule has 0 unspecified atom stereocenters. The van der Waals surface area contributed by atoms with Crippen molar-refractivity contribution in [2.45, 2.75) is 0 Å². The van der Waals surface area contributed by atoms with Crippen LogP contribution in [0.25, 0.3) is 56.9 Å². The number of hydrogen-bond donors (Lipinski definition) is 2. The maximum absolute atomic E-state index is 5.90.